The zero-order valence-corrected chi connectivity index (χ0v) is 22.3. The highest BCUT2D eigenvalue weighted by Crippen LogP contribution is 2.28. The Bertz CT molecular complexity index is 1600. The van der Waals surface area contributed by atoms with Crippen molar-refractivity contribution in [2.24, 2.45) is 0 Å². The Morgan fingerprint density at radius 3 is 2.48 bits per heavy atom. The lowest BCUT2D eigenvalue weighted by Crippen LogP contribution is -2.43. The van der Waals surface area contributed by atoms with Crippen LogP contribution in [-0.2, 0) is 16.1 Å². The molecule has 40 heavy (non-hydrogen) atoms. The van der Waals surface area contributed by atoms with Crippen LogP contribution in [0.3, 0.4) is 0 Å². The zero-order valence-electron chi connectivity index (χ0n) is 21.5. The van der Waals surface area contributed by atoms with Gasteiger partial charge in [0, 0.05) is 23.1 Å². The van der Waals surface area contributed by atoms with Crippen LogP contribution < -0.4 is 5.32 Å². The van der Waals surface area contributed by atoms with Crippen LogP contribution in [0.2, 0.25) is 0 Å². The van der Waals surface area contributed by atoms with E-state index in [1.165, 1.54) is 16.2 Å². The summed E-state index contributed by atoms with van der Waals surface area (Å²) in [6.07, 6.45) is 2.59. The van der Waals surface area contributed by atoms with Gasteiger partial charge in [-0.15, -0.1) is 16.4 Å². The van der Waals surface area contributed by atoms with Gasteiger partial charge in [-0.3, -0.25) is 9.69 Å². The second-order valence-electron chi connectivity index (χ2n) is 9.36. The minimum Gasteiger partial charge on any atom is -0.445 e. The number of nitrogens with one attached hydrogen (secondary N) is 1. The molecule has 9 nitrogen and oxygen atoms in total. The predicted octanol–water partition coefficient (Wildman–Crippen LogP) is 5.80. The minimum absolute atomic E-state index is 0.170. The molecule has 1 fully saturated rings. The largest absolute Gasteiger partial charge is 0.445 e. The summed E-state index contributed by atoms with van der Waals surface area (Å²) in [5.41, 5.74) is 5.37. The van der Waals surface area contributed by atoms with Crippen molar-refractivity contribution in [1.82, 2.24) is 24.9 Å². The van der Waals surface area contributed by atoms with E-state index in [2.05, 4.69) is 20.6 Å². The van der Waals surface area contributed by atoms with Gasteiger partial charge in [0.1, 0.15) is 12.6 Å². The molecule has 2 amide bonds. The lowest BCUT2D eigenvalue weighted by Gasteiger charge is -2.22. The summed E-state index contributed by atoms with van der Waals surface area (Å²) in [5, 5.41) is 13.6. The normalized spacial score (nSPS) is 14.7. The lowest BCUT2D eigenvalue weighted by molar-refractivity contribution is -0.120. The molecule has 200 valence electrons. The molecule has 3 aromatic carbocycles. The van der Waals surface area contributed by atoms with E-state index in [0.717, 1.165) is 40.2 Å². The molecule has 0 spiro atoms. The van der Waals surface area contributed by atoms with E-state index in [4.69, 9.17) is 4.74 Å². The van der Waals surface area contributed by atoms with Gasteiger partial charge in [0.15, 0.2) is 5.13 Å². The van der Waals surface area contributed by atoms with Crippen molar-refractivity contribution in [3.05, 3.63) is 102 Å². The van der Waals surface area contributed by atoms with E-state index >= 15 is 0 Å². The van der Waals surface area contributed by atoms with E-state index in [9.17, 15) is 9.59 Å². The number of anilines is 1. The molecule has 1 atom stereocenters. The van der Waals surface area contributed by atoms with Gasteiger partial charge in [-0.25, -0.2) is 14.5 Å². The maximum atomic E-state index is 13.1. The third kappa shape index (κ3) is 5.48. The number of carbonyl (C=O) groups is 2. The molecule has 6 rings (SSSR count). The Hall–Kier alpha value is -4.83. The first-order chi connectivity index (χ1) is 19.7. The van der Waals surface area contributed by atoms with Crippen LogP contribution in [-0.4, -0.2) is 49.5 Å². The maximum absolute atomic E-state index is 13.1. The molecule has 0 saturated carbocycles. The number of likely N-dealkylation sites (tertiary alicyclic amines) is 1. The molecular weight excluding hydrogens is 524 g/mol. The molecule has 0 radical (unpaired) electrons. The third-order valence-corrected chi connectivity index (χ3v) is 7.51. The number of hydrogen-bond acceptors (Lipinski definition) is 7. The van der Waals surface area contributed by atoms with Crippen molar-refractivity contribution >= 4 is 28.5 Å². The van der Waals surface area contributed by atoms with Gasteiger partial charge >= 0.3 is 6.09 Å². The molecule has 10 heteroatoms. The molecule has 2 aromatic heterocycles. The number of thiazole rings is 1. The van der Waals surface area contributed by atoms with E-state index in [-0.39, 0.29) is 12.5 Å². The first-order valence-corrected chi connectivity index (χ1v) is 13.8. The molecule has 3 heterocycles. The number of aromatic nitrogens is 4. The highest BCUT2D eigenvalue weighted by Gasteiger charge is 2.35. The van der Waals surface area contributed by atoms with Gasteiger partial charge in [0.2, 0.25) is 5.91 Å². The Balaban J connectivity index is 1.09. The van der Waals surface area contributed by atoms with Crippen LogP contribution in [0.5, 0.6) is 0 Å². The first-order valence-electron chi connectivity index (χ1n) is 13.0. The van der Waals surface area contributed by atoms with Crippen LogP contribution in [0.25, 0.3) is 28.2 Å². The van der Waals surface area contributed by atoms with Crippen molar-refractivity contribution in [2.75, 3.05) is 11.9 Å². The molecule has 0 aliphatic carbocycles. The summed E-state index contributed by atoms with van der Waals surface area (Å²) < 4.78 is 7.25. The van der Waals surface area contributed by atoms with E-state index in [1.807, 2.05) is 90.3 Å². The third-order valence-electron chi connectivity index (χ3n) is 6.76. The van der Waals surface area contributed by atoms with Crippen molar-refractivity contribution < 1.29 is 14.3 Å². The average molecular weight is 551 g/mol. The standard InChI is InChI=1S/C30H26N6O3S/c37-28(26-12-7-17-35(26)30(38)39-19-21-8-3-1-4-9-21)33-29-32-25(20-40-29)22-13-15-24(16-14-22)36-27(18-31-34-36)23-10-5-2-6-11-23/h1-6,8-11,13-16,18,20,26H,7,12,17,19H2,(H,32,33,37)/t26-/m0/s1. The highest BCUT2D eigenvalue weighted by molar-refractivity contribution is 7.14. The van der Waals surface area contributed by atoms with E-state index in [1.54, 1.807) is 10.9 Å². The van der Waals surface area contributed by atoms with E-state index in [0.29, 0.717) is 18.1 Å². The maximum Gasteiger partial charge on any atom is 0.410 e. The Morgan fingerprint density at radius 1 is 0.950 bits per heavy atom. The summed E-state index contributed by atoms with van der Waals surface area (Å²) >= 11 is 1.35. The molecular formula is C30H26N6O3S. The molecule has 5 aromatic rings. The van der Waals surface area contributed by atoms with Gasteiger partial charge in [-0.2, -0.15) is 0 Å². The summed E-state index contributed by atoms with van der Waals surface area (Å²) in [6, 6.07) is 26.7. The number of rotatable bonds is 7. The van der Waals surface area contributed by atoms with Crippen molar-refractivity contribution in [1.29, 1.82) is 0 Å². The Kier molecular flexibility index (Phi) is 7.32. The number of amides is 2. The van der Waals surface area contributed by atoms with Gasteiger partial charge in [-0.05, 0) is 30.5 Å². The van der Waals surface area contributed by atoms with Crippen LogP contribution in [0.4, 0.5) is 9.93 Å². The SMILES string of the molecule is O=C(Nc1nc(-c2ccc(-n3nncc3-c3ccccc3)cc2)cs1)[C@@H]1CCCN1C(=O)OCc1ccccc1. The van der Waals surface area contributed by atoms with Crippen LogP contribution >= 0.6 is 11.3 Å². The first kappa shape index (κ1) is 25.4. The lowest BCUT2D eigenvalue weighted by atomic mass is 10.1. The average Bonchev–Trinajstić information content (AvgIpc) is 3.78. The van der Waals surface area contributed by atoms with Crippen molar-refractivity contribution in [2.45, 2.75) is 25.5 Å². The minimum atomic E-state index is -0.587. The summed E-state index contributed by atoms with van der Waals surface area (Å²) in [7, 11) is 0. The van der Waals surface area contributed by atoms with Crippen LogP contribution in [0.15, 0.2) is 96.5 Å². The van der Waals surface area contributed by atoms with Crippen molar-refractivity contribution in [3.8, 4) is 28.2 Å². The Labute approximate surface area is 235 Å². The van der Waals surface area contributed by atoms with Crippen molar-refractivity contribution in [3.63, 3.8) is 0 Å². The fourth-order valence-electron chi connectivity index (χ4n) is 4.72. The van der Waals surface area contributed by atoms with Gasteiger partial charge in [0.25, 0.3) is 0 Å². The Morgan fingerprint density at radius 2 is 1.70 bits per heavy atom. The molecule has 1 aliphatic rings. The topological polar surface area (TPSA) is 102 Å². The molecule has 1 N–H and O–H groups in total. The zero-order chi connectivity index (χ0) is 27.3. The summed E-state index contributed by atoms with van der Waals surface area (Å²) in [5.74, 6) is -0.259. The molecule has 0 unspecified atom stereocenters. The monoisotopic (exact) mass is 550 g/mol. The summed E-state index contributed by atoms with van der Waals surface area (Å²) in [4.78, 5) is 31.9. The number of nitrogens with zero attached hydrogens (tertiary/aromatic N) is 5. The van der Waals surface area contributed by atoms with Crippen LogP contribution in [0, 0.1) is 0 Å². The molecule has 0 bridgehead atoms. The highest BCUT2D eigenvalue weighted by atomic mass is 32.1. The van der Waals surface area contributed by atoms with Gasteiger partial charge < -0.3 is 10.1 Å². The fraction of sp³-hybridized carbons (Fsp3) is 0.167. The molecule has 1 saturated heterocycles. The van der Waals surface area contributed by atoms with E-state index < -0.39 is 12.1 Å². The number of benzene rings is 3. The van der Waals surface area contributed by atoms with Crippen LogP contribution in [0.1, 0.15) is 18.4 Å². The predicted molar refractivity (Wildman–Crippen MR) is 153 cm³/mol. The molecule has 1 aliphatic heterocycles. The van der Waals surface area contributed by atoms with Gasteiger partial charge in [0.05, 0.1) is 23.3 Å². The fourth-order valence-corrected chi connectivity index (χ4v) is 5.44. The quantitative estimate of drug-likeness (QED) is 0.275. The second-order valence-corrected chi connectivity index (χ2v) is 10.2. The second kappa shape index (κ2) is 11.5. The summed E-state index contributed by atoms with van der Waals surface area (Å²) in [6.45, 7) is 0.655. The van der Waals surface area contributed by atoms with Gasteiger partial charge in [-0.1, -0.05) is 78.0 Å². The smallest absolute Gasteiger partial charge is 0.410 e. The number of ether oxygens (including phenoxy) is 1. The number of carbonyl (C=O) groups excluding carboxylic acids is 2. The number of hydrogen-bond donors (Lipinski definition) is 1.